The second kappa shape index (κ2) is 15.0. The van der Waals surface area contributed by atoms with Crippen molar-refractivity contribution in [3.8, 4) is 0 Å². The van der Waals surface area contributed by atoms with Crippen LogP contribution in [0.2, 0.25) is 0 Å². The van der Waals surface area contributed by atoms with Gasteiger partial charge in [-0.2, -0.15) is 0 Å². The van der Waals surface area contributed by atoms with Crippen molar-refractivity contribution < 1.29 is 24.3 Å². The standard InChI is InChI=1S/C8H20N.C2H2O4.2Na.2H/c1-5-9(6-2,7-3)8-4;3-1(4)2(5)6;;;;/h5-8H2,1-4H3;(H,3,4)(H,5,6);;;;/q+1;;;;;. The van der Waals surface area contributed by atoms with Crippen molar-refractivity contribution in [3.63, 3.8) is 0 Å². The van der Waals surface area contributed by atoms with E-state index in [0.717, 1.165) is 0 Å². The molecular weight excluding hydrogens is 244 g/mol. The van der Waals surface area contributed by atoms with Crippen molar-refractivity contribution in [2.45, 2.75) is 27.7 Å². The van der Waals surface area contributed by atoms with Crippen LogP contribution in [0, 0.1) is 0 Å². The van der Waals surface area contributed by atoms with Crippen LogP contribution in [0.1, 0.15) is 27.7 Å². The van der Waals surface area contributed by atoms with Gasteiger partial charge in [0.1, 0.15) is 0 Å². The molecule has 0 aliphatic heterocycles. The number of quaternary nitrogens is 1. The van der Waals surface area contributed by atoms with Gasteiger partial charge in [-0.3, -0.25) is 0 Å². The summed E-state index contributed by atoms with van der Waals surface area (Å²) in [6.45, 7) is 14.2. The van der Waals surface area contributed by atoms with Crippen molar-refractivity contribution in [1.82, 2.24) is 0 Å². The van der Waals surface area contributed by atoms with Gasteiger partial charge in [-0.15, -0.1) is 0 Å². The van der Waals surface area contributed by atoms with E-state index in [0.29, 0.717) is 0 Å². The second-order valence-electron chi connectivity index (χ2n) is 3.22. The van der Waals surface area contributed by atoms with Gasteiger partial charge in [0.15, 0.2) is 0 Å². The zero-order chi connectivity index (χ0) is 12.5. The number of carbonyl (C=O) groups is 2. The van der Waals surface area contributed by atoms with Crippen LogP contribution in [0.5, 0.6) is 0 Å². The number of aliphatic carboxylic acids is 2. The third-order valence-electron chi connectivity index (χ3n) is 2.87. The number of rotatable bonds is 4. The molecule has 0 aromatic rings. The van der Waals surface area contributed by atoms with E-state index in [1.807, 2.05) is 0 Å². The molecule has 0 saturated heterocycles. The predicted octanol–water partition coefficient (Wildman–Crippen LogP) is -0.259. The molecular formula is C10H24NNa2O4+. The summed E-state index contributed by atoms with van der Waals surface area (Å²) >= 11 is 0. The van der Waals surface area contributed by atoms with E-state index >= 15 is 0 Å². The molecule has 0 aliphatic rings. The molecule has 0 heterocycles. The molecule has 0 unspecified atom stereocenters. The summed E-state index contributed by atoms with van der Waals surface area (Å²) in [6, 6.07) is 0. The van der Waals surface area contributed by atoms with E-state index in [1.165, 1.54) is 30.7 Å². The molecule has 0 aromatic heterocycles. The Morgan fingerprint density at radius 3 is 0.941 bits per heavy atom. The van der Waals surface area contributed by atoms with Crippen LogP contribution in [0.15, 0.2) is 0 Å². The molecule has 0 bridgehead atoms. The minimum atomic E-state index is -1.82. The summed E-state index contributed by atoms with van der Waals surface area (Å²) in [6.07, 6.45) is 0. The van der Waals surface area contributed by atoms with Crippen LogP contribution in [0.4, 0.5) is 0 Å². The van der Waals surface area contributed by atoms with Gasteiger partial charge >= 0.3 is 71.1 Å². The molecule has 0 atom stereocenters. The quantitative estimate of drug-likeness (QED) is 0.418. The SMILES string of the molecule is CC[N+](CC)(CC)CC.O=C(O)C(=O)O.[NaH].[NaH]. The first-order chi connectivity index (χ1) is 6.89. The third kappa shape index (κ3) is 13.1. The molecule has 0 fully saturated rings. The molecule has 0 saturated carbocycles. The van der Waals surface area contributed by atoms with Gasteiger partial charge in [-0.05, 0) is 27.7 Å². The maximum absolute atomic E-state index is 9.10. The minimum absolute atomic E-state index is 0. The van der Waals surface area contributed by atoms with E-state index < -0.39 is 11.9 Å². The van der Waals surface area contributed by atoms with Gasteiger partial charge in [0.2, 0.25) is 0 Å². The summed E-state index contributed by atoms with van der Waals surface area (Å²) in [4.78, 5) is 18.2. The zero-order valence-electron chi connectivity index (χ0n) is 9.99. The molecule has 0 amide bonds. The molecule has 5 nitrogen and oxygen atoms in total. The Morgan fingerprint density at radius 2 is 0.941 bits per heavy atom. The first-order valence-electron chi connectivity index (χ1n) is 5.20. The molecule has 0 rings (SSSR count). The first kappa shape index (κ1) is 26.5. The van der Waals surface area contributed by atoms with Crippen LogP contribution in [0.3, 0.4) is 0 Å². The summed E-state index contributed by atoms with van der Waals surface area (Å²) in [5, 5.41) is 14.8. The molecule has 0 radical (unpaired) electrons. The van der Waals surface area contributed by atoms with E-state index in [4.69, 9.17) is 19.8 Å². The first-order valence-corrected chi connectivity index (χ1v) is 5.20. The van der Waals surface area contributed by atoms with Gasteiger partial charge in [-0.25, -0.2) is 9.59 Å². The fraction of sp³-hybridized carbons (Fsp3) is 0.800. The Hall–Kier alpha value is 0.900. The number of carboxylic acids is 2. The van der Waals surface area contributed by atoms with Gasteiger partial charge < -0.3 is 14.7 Å². The van der Waals surface area contributed by atoms with Gasteiger partial charge in [0.25, 0.3) is 0 Å². The van der Waals surface area contributed by atoms with Crippen molar-refractivity contribution >= 4 is 71.1 Å². The molecule has 0 aliphatic carbocycles. The van der Waals surface area contributed by atoms with Crippen molar-refractivity contribution in [2.24, 2.45) is 0 Å². The van der Waals surface area contributed by atoms with Gasteiger partial charge in [0, 0.05) is 0 Å². The Kier molecular flexibility index (Phi) is 23.3. The summed E-state index contributed by atoms with van der Waals surface area (Å²) in [5.74, 6) is -3.65. The van der Waals surface area contributed by atoms with Crippen LogP contribution < -0.4 is 0 Å². The monoisotopic (exact) mass is 268 g/mol. The summed E-state index contributed by atoms with van der Waals surface area (Å²) in [5.41, 5.74) is 0. The maximum atomic E-state index is 9.10. The van der Waals surface area contributed by atoms with Crippen LogP contribution >= 0.6 is 0 Å². The van der Waals surface area contributed by atoms with Crippen molar-refractivity contribution in [1.29, 1.82) is 0 Å². The Bertz CT molecular complexity index is 179. The summed E-state index contributed by atoms with van der Waals surface area (Å²) < 4.78 is 1.28. The number of carboxylic acid groups (broad SMARTS) is 2. The molecule has 7 heteroatoms. The summed E-state index contributed by atoms with van der Waals surface area (Å²) in [7, 11) is 0. The van der Waals surface area contributed by atoms with Crippen LogP contribution in [-0.2, 0) is 9.59 Å². The van der Waals surface area contributed by atoms with Gasteiger partial charge in [-0.1, -0.05) is 0 Å². The van der Waals surface area contributed by atoms with Crippen LogP contribution in [0.25, 0.3) is 0 Å². The number of nitrogens with zero attached hydrogens (tertiary/aromatic N) is 1. The van der Waals surface area contributed by atoms with E-state index in [2.05, 4.69) is 27.7 Å². The normalized spacial score (nSPS) is 8.94. The molecule has 0 aromatic carbocycles. The molecule has 17 heavy (non-hydrogen) atoms. The molecule has 94 valence electrons. The number of hydrogen-bond acceptors (Lipinski definition) is 2. The zero-order valence-corrected chi connectivity index (χ0v) is 9.99. The van der Waals surface area contributed by atoms with Gasteiger partial charge in [0.05, 0.1) is 26.2 Å². The predicted molar refractivity (Wildman–Crippen MR) is 72.0 cm³/mol. The van der Waals surface area contributed by atoms with Crippen molar-refractivity contribution in [3.05, 3.63) is 0 Å². The molecule has 2 N–H and O–H groups in total. The third-order valence-corrected chi connectivity index (χ3v) is 2.87. The van der Waals surface area contributed by atoms with E-state index in [9.17, 15) is 0 Å². The van der Waals surface area contributed by atoms with Crippen molar-refractivity contribution in [2.75, 3.05) is 26.2 Å². The Labute approximate surface area is 148 Å². The fourth-order valence-corrected chi connectivity index (χ4v) is 1.34. The average Bonchev–Trinajstić information content (AvgIpc) is 2.23. The Morgan fingerprint density at radius 1 is 0.765 bits per heavy atom. The van der Waals surface area contributed by atoms with E-state index in [1.54, 1.807) is 0 Å². The molecule has 0 spiro atoms. The van der Waals surface area contributed by atoms with Crippen LogP contribution in [-0.4, -0.2) is 112 Å². The Balaban J connectivity index is -0.0000000945. The topological polar surface area (TPSA) is 74.6 Å². The van der Waals surface area contributed by atoms with E-state index in [-0.39, 0.29) is 59.1 Å². The average molecular weight is 268 g/mol. The second-order valence-corrected chi connectivity index (χ2v) is 3.22. The fourth-order valence-electron chi connectivity index (χ4n) is 1.34. The number of hydrogen-bond donors (Lipinski definition) is 2.